The molecule has 11 heteroatoms. The lowest BCUT2D eigenvalue weighted by molar-refractivity contribution is -0.124. The lowest BCUT2D eigenvalue weighted by Crippen LogP contribution is -2.49. The number of carbonyl (C=O) groups excluding carboxylic acids is 3. The van der Waals surface area contributed by atoms with Crippen molar-refractivity contribution in [1.82, 2.24) is 10.4 Å². The molecule has 0 radical (unpaired) electrons. The van der Waals surface area contributed by atoms with E-state index >= 15 is 0 Å². The number of anilines is 2. The summed E-state index contributed by atoms with van der Waals surface area (Å²) in [6.07, 6.45) is -0.317. The molecule has 0 saturated carbocycles. The third-order valence-electron chi connectivity index (χ3n) is 5.68. The fourth-order valence-corrected chi connectivity index (χ4v) is 4.23. The molecule has 1 atom stereocenters. The quantitative estimate of drug-likeness (QED) is 0.400. The number of thiocarbonyl (C=S) groups is 1. The van der Waals surface area contributed by atoms with Crippen LogP contribution in [0.4, 0.5) is 15.8 Å². The van der Waals surface area contributed by atoms with E-state index in [1.807, 2.05) is 6.92 Å². The van der Waals surface area contributed by atoms with Gasteiger partial charge in [0.15, 0.2) is 0 Å². The van der Waals surface area contributed by atoms with Crippen LogP contribution in [0.25, 0.3) is 0 Å². The molecule has 2 N–H and O–H groups in total. The molecule has 1 aliphatic rings. The van der Waals surface area contributed by atoms with Crippen molar-refractivity contribution in [3.05, 3.63) is 84.2 Å². The number of hydrazine groups is 1. The number of hydrogen-bond acceptors (Lipinski definition) is 6. The zero-order valence-corrected chi connectivity index (χ0v) is 21.5. The number of benzene rings is 3. The molecule has 9 nitrogen and oxygen atoms in total. The van der Waals surface area contributed by atoms with E-state index in [1.54, 1.807) is 48.5 Å². The summed E-state index contributed by atoms with van der Waals surface area (Å²) in [7, 11) is 1.52. The predicted molar refractivity (Wildman–Crippen MR) is 143 cm³/mol. The molecular weight excluding hydrogens is 511 g/mol. The highest BCUT2D eigenvalue weighted by atomic mass is 32.1. The Kier molecular flexibility index (Phi) is 8.17. The largest absolute Gasteiger partial charge is 0.497 e. The van der Waals surface area contributed by atoms with Crippen LogP contribution in [0.2, 0.25) is 0 Å². The fraction of sp³-hybridized carbons (Fsp3) is 0.185. The lowest BCUT2D eigenvalue weighted by atomic mass is 10.1. The Hall–Kier alpha value is -4.51. The molecule has 1 fully saturated rings. The monoisotopic (exact) mass is 536 g/mol. The van der Waals surface area contributed by atoms with Gasteiger partial charge in [-0.05, 0) is 85.9 Å². The summed E-state index contributed by atoms with van der Waals surface area (Å²) in [5.74, 6) is -1.03. The zero-order valence-electron chi connectivity index (χ0n) is 20.6. The molecule has 38 heavy (non-hydrogen) atoms. The standard InChI is InChI=1S/C27H25FN4O5S/c1-3-37-22-11-7-19(8-12-22)29-24(33)16-23-26(35)31(20-9-13-21(36-2)14-10-20)27(38)32(23)30-25(34)17-5-4-6-18(28)15-17/h4-15,23H,3,16H2,1-2H3,(H,29,33)(H,30,34). The summed E-state index contributed by atoms with van der Waals surface area (Å²) in [5, 5.41) is 3.86. The van der Waals surface area contributed by atoms with Gasteiger partial charge >= 0.3 is 0 Å². The second kappa shape index (κ2) is 11.7. The van der Waals surface area contributed by atoms with Gasteiger partial charge in [-0.3, -0.25) is 24.7 Å². The zero-order chi connectivity index (χ0) is 27.2. The van der Waals surface area contributed by atoms with Crippen LogP contribution in [0, 0.1) is 5.82 Å². The maximum absolute atomic E-state index is 13.7. The van der Waals surface area contributed by atoms with E-state index < -0.39 is 29.6 Å². The maximum Gasteiger partial charge on any atom is 0.269 e. The Morgan fingerprint density at radius 1 is 1.03 bits per heavy atom. The van der Waals surface area contributed by atoms with E-state index in [4.69, 9.17) is 21.7 Å². The number of methoxy groups -OCH3 is 1. The van der Waals surface area contributed by atoms with Crippen LogP contribution < -0.4 is 25.1 Å². The molecule has 196 valence electrons. The van der Waals surface area contributed by atoms with Gasteiger partial charge in [0.25, 0.3) is 11.8 Å². The second-order valence-electron chi connectivity index (χ2n) is 8.20. The molecule has 3 aromatic carbocycles. The first-order chi connectivity index (χ1) is 18.3. The van der Waals surface area contributed by atoms with Gasteiger partial charge in [-0.2, -0.15) is 0 Å². The Bertz CT molecular complexity index is 1350. The van der Waals surface area contributed by atoms with Crippen LogP contribution in [0.1, 0.15) is 23.7 Å². The first-order valence-corrected chi connectivity index (χ1v) is 12.1. The van der Waals surface area contributed by atoms with Crippen LogP contribution in [0.3, 0.4) is 0 Å². The van der Waals surface area contributed by atoms with E-state index in [9.17, 15) is 18.8 Å². The molecule has 0 aromatic heterocycles. The van der Waals surface area contributed by atoms with E-state index in [0.29, 0.717) is 29.5 Å². The van der Waals surface area contributed by atoms with Gasteiger partial charge in [-0.1, -0.05) is 6.07 Å². The minimum atomic E-state index is -1.15. The number of amides is 3. The smallest absolute Gasteiger partial charge is 0.269 e. The molecule has 1 aliphatic heterocycles. The Labute approximate surface area is 224 Å². The molecule has 1 heterocycles. The average molecular weight is 537 g/mol. The van der Waals surface area contributed by atoms with Gasteiger partial charge in [0.05, 0.1) is 25.8 Å². The summed E-state index contributed by atoms with van der Waals surface area (Å²) in [5.41, 5.74) is 3.54. The van der Waals surface area contributed by atoms with Gasteiger partial charge in [-0.15, -0.1) is 0 Å². The highest BCUT2D eigenvalue weighted by Gasteiger charge is 2.45. The third kappa shape index (κ3) is 5.89. The molecule has 3 amide bonds. The molecule has 3 aromatic rings. The van der Waals surface area contributed by atoms with Gasteiger partial charge in [0, 0.05) is 11.3 Å². The summed E-state index contributed by atoms with van der Waals surface area (Å²) < 4.78 is 24.3. The van der Waals surface area contributed by atoms with Crippen molar-refractivity contribution in [3.8, 4) is 11.5 Å². The molecule has 0 aliphatic carbocycles. The Morgan fingerprint density at radius 2 is 1.71 bits per heavy atom. The van der Waals surface area contributed by atoms with Crippen LogP contribution in [-0.2, 0) is 9.59 Å². The number of nitrogens with zero attached hydrogens (tertiary/aromatic N) is 2. The minimum absolute atomic E-state index is 0.0285. The van der Waals surface area contributed by atoms with Crippen LogP contribution in [0.15, 0.2) is 72.8 Å². The maximum atomic E-state index is 13.7. The van der Waals surface area contributed by atoms with Crippen LogP contribution in [-0.4, -0.2) is 47.6 Å². The SMILES string of the molecule is CCOc1ccc(NC(=O)CC2C(=O)N(c3ccc(OC)cc3)C(=S)N2NC(=O)c2cccc(F)c2)cc1. The number of ether oxygens (including phenoxy) is 2. The van der Waals surface area contributed by atoms with Crippen molar-refractivity contribution in [1.29, 1.82) is 0 Å². The third-order valence-corrected chi connectivity index (χ3v) is 6.06. The predicted octanol–water partition coefficient (Wildman–Crippen LogP) is 3.91. The van der Waals surface area contributed by atoms with Gasteiger partial charge in [-0.25, -0.2) is 9.40 Å². The molecular formula is C27H25FN4O5S. The normalized spacial score (nSPS) is 14.9. The van der Waals surface area contributed by atoms with Crippen molar-refractivity contribution >= 4 is 46.4 Å². The number of hydrogen-bond donors (Lipinski definition) is 2. The highest BCUT2D eigenvalue weighted by Crippen LogP contribution is 2.28. The Morgan fingerprint density at radius 3 is 2.34 bits per heavy atom. The summed E-state index contributed by atoms with van der Waals surface area (Å²) >= 11 is 5.54. The van der Waals surface area contributed by atoms with Crippen LogP contribution >= 0.6 is 12.2 Å². The molecule has 4 rings (SSSR count). The first-order valence-electron chi connectivity index (χ1n) is 11.7. The highest BCUT2D eigenvalue weighted by molar-refractivity contribution is 7.80. The number of carbonyl (C=O) groups is 3. The average Bonchev–Trinajstić information content (AvgIpc) is 3.13. The molecule has 0 spiro atoms. The topological polar surface area (TPSA) is 100 Å². The van der Waals surface area contributed by atoms with E-state index in [0.717, 1.165) is 11.1 Å². The molecule has 0 bridgehead atoms. The summed E-state index contributed by atoms with van der Waals surface area (Å²) in [6.45, 7) is 2.38. The van der Waals surface area contributed by atoms with Crippen molar-refractivity contribution in [2.75, 3.05) is 23.9 Å². The first kappa shape index (κ1) is 26.6. The van der Waals surface area contributed by atoms with Crippen molar-refractivity contribution in [3.63, 3.8) is 0 Å². The van der Waals surface area contributed by atoms with Crippen LogP contribution in [0.5, 0.6) is 11.5 Å². The fourth-order valence-electron chi connectivity index (χ4n) is 3.86. The Balaban J connectivity index is 1.57. The number of halogens is 1. The second-order valence-corrected chi connectivity index (χ2v) is 8.57. The molecule has 1 unspecified atom stereocenters. The van der Waals surface area contributed by atoms with E-state index in [-0.39, 0.29) is 17.1 Å². The summed E-state index contributed by atoms with van der Waals surface area (Å²) in [6, 6.07) is 17.3. The number of rotatable bonds is 9. The van der Waals surface area contributed by atoms with Crippen molar-refractivity contribution in [2.24, 2.45) is 0 Å². The van der Waals surface area contributed by atoms with Crippen molar-refractivity contribution < 1.29 is 28.2 Å². The lowest BCUT2D eigenvalue weighted by Gasteiger charge is -2.24. The number of nitrogens with one attached hydrogen (secondary N) is 2. The minimum Gasteiger partial charge on any atom is -0.497 e. The van der Waals surface area contributed by atoms with Gasteiger partial charge in [0.2, 0.25) is 11.0 Å². The van der Waals surface area contributed by atoms with E-state index in [1.165, 1.54) is 30.2 Å². The van der Waals surface area contributed by atoms with E-state index in [2.05, 4.69) is 10.7 Å². The van der Waals surface area contributed by atoms with Gasteiger partial charge in [0.1, 0.15) is 23.4 Å². The molecule has 1 saturated heterocycles. The summed E-state index contributed by atoms with van der Waals surface area (Å²) in [4.78, 5) is 40.6. The van der Waals surface area contributed by atoms with Gasteiger partial charge < -0.3 is 14.8 Å². The van der Waals surface area contributed by atoms with Crippen molar-refractivity contribution in [2.45, 2.75) is 19.4 Å².